The van der Waals surface area contributed by atoms with E-state index in [1.807, 2.05) is 0 Å². The molecule has 0 radical (unpaired) electrons. The Morgan fingerprint density at radius 1 is 1.36 bits per heavy atom. The molecule has 2 atom stereocenters. The minimum Gasteiger partial charge on any atom is -0.0651 e. The van der Waals surface area contributed by atoms with Gasteiger partial charge in [-0.05, 0) is 23.7 Å². The van der Waals surface area contributed by atoms with E-state index in [4.69, 9.17) is 0 Å². The van der Waals surface area contributed by atoms with Crippen LogP contribution < -0.4 is 0 Å². The fourth-order valence-electron chi connectivity index (χ4n) is 2.99. The highest BCUT2D eigenvalue weighted by Gasteiger charge is 2.34. The third kappa shape index (κ3) is 1.77. The molecule has 0 saturated heterocycles. The zero-order valence-electron chi connectivity index (χ0n) is 8.48. The molecule has 0 heterocycles. The molecule has 0 amide bonds. The molecule has 0 aliphatic heterocycles. The maximum absolute atomic E-state index is 2.44. The van der Waals surface area contributed by atoms with Crippen LogP contribution in [0.25, 0.3) is 0 Å². The van der Waals surface area contributed by atoms with Crippen LogP contribution in [0.15, 0.2) is 0 Å². The van der Waals surface area contributed by atoms with Gasteiger partial charge in [-0.2, -0.15) is 0 Å². The van der Waals surface area contributed by atoms with Crippen LogP contribution >= 0.6 is 0 Å². The summed E-state index contributed by atoms with van der Waals surface area (Å²) in [6.07, 6.45) is 5.72. The normalized spacial score (nSPS) is 37.1. The molecule has 1 rings (SSSR count). The second-order valence-electron chi connectivity index (χ2n) is 4.87. The molecule has 1 fully saturated rings. The van der Waals surface area contributed by atoms with Crippen molar-refractivity contribution in [3.8, 4) is 0 Å². The molecule has 0 aromatic carbocycles. The molecule has 0 unspecified atom stereocenters. The van der Waals surface area contributed by atoms with E-state index in [-0.39, 0.29) is 0 Å². The number of hydrogen-bond acceptors (Lipinski definition) is 0. The lowest BCUT2D eigenvalue weighted by Gasteiger charge is -2.42. The van der Waals surface area contributed by atoms with Gasteiger partial charge in [0.05, 0.1) is 0 Å². The van der Waals surface area contributed by atoms with Crippen molar-refractivity contribution in [3.63, 3.8) is 0 Å². The molecule has 0 aromatic heterocycles. The Morgan fingerprint density at radius 3 is 2.36 bits per heavy atom. The Hall–Kier alpha value is 0. The quantitative estimate of drug-likeness (QED) is 0.538. The van der Waals surface area contributed by atoms with Crippen molar-refractivity contribution in [3.05, 3.63) is 0 Å². The molecule has 1 saturated carbocycles. The molecule has 11 heavy (non-hydrogen) atoms. The summed E-state index contributed by atoms with van der Waals surface area (Å²) in [4.78, 5) is 0. The van der Waals surface area contributed by atoms with Crippen LogP contribution in [0.3, 0.4) is 0 Å². The van der Waals surface area contributed by atoms with Crippen LogP contribution in [0.2, 0.25) is 0 Å². The second kappa shape index (κ2) is 3.16. The summed E-state index contributed by atoms with van der Waals surface area (Å²) in [6, 6.07) is 0. The van der Waals surface area contributed by atoms with Crippen molar-refractivity contribution in [1.29, 1.82) is 0 Å². The molecule has 66 valence electrons. The lowest BCUT2D eigenvalue weighted by Crippen LogP contribution is -2.32. The minimum absolute atomic E-state index is 0.617. The van der Waals surface area contributed by atoms with Crippen molar-refractivity contribution in [2.24, 2.45) is 17.3 Å². The fourth-order valence-corrected chi connectivity index (χ4v) is 2.99. The van der Waals surface area contributed by atoms with Crippen LogP contribution in [0.1, 0.15) is 53.4 Å². The van der Waals surface area contributed by atoms with Crippen molar-refractivity contribution in [2.75, 3.05) is 0 Å². The molecule has 1 aliphatic carbocycles. The maximum atomic E-state index is 2.44. The van der Waals surface area contributed by atoms with E-state index in [1.165, 1.54) is 25.7 Å². The van der Waals surface area contributed by atoms with E-state index >= 15 is 0 Å². The van der Waals surface area contributed by atoms with Crippen LogP contribution in [0.5, 0.6) is 0 Å². The highest BCUT2D eigenvalue weighted by molar-refractivity contribution is 4.85. The SMILES string of the molecule is CC[C@@H]1[C@@H](C)CCCC1(C)C. The van der Waals surface area contributed by atoms with Crippen molar-refractivity contribution >= 4 is 0 Å². The van der Waals surface area contributed by atoms with Gasteiger partial charge in [0.25, 0.3) is 0 Å². The molecule has 0 N–H and O–H groups in total. The summed E-state index contributed by atoms with van der Waals surface area (Å²) in [6.45, 7) is 9.65. The first-order valence-electron chi connectivity index (χ1n) is 5.08. The first-order chi connectivity index (χ1) is 5.08. The van der Waals surface area contributed by atoms with E-state index in [1.54, 1.807) is 0 Å². The molecule has 0 nitrogen and oxygen atoms in total. The van der Waals surface area contributed by atoms with Gasteiger partial charge in [0.1, 0.15) is 0 Å². The van der Waals surface area contributed by atoms with Gasteiger partial charge in [-0.1, -0.05) is 47.0 Å². The Labute approximate surface area is 71.4 Å². The molecule has 0 heteroatoms. The van der Waals surface area contributed by atoms with Gasteiger partial charge in [-0.15, -0.1) is 0 Å². The van der Waals surface area contributed by atoms with Crippen LogP contribution in [0.4, 0.5) is 0 Å². The Kier molecular flexibility index (Phi) is 2.61. The fraction of sp³-hybridized carbons (Fsp3) is 1.00. The smallest absolute Gasteiger partial charge is 0.0323 e. The Bertz CT molecular complexity index is 124. The summed E-state index contributed by atoms with van der Waals surface area (Å²) in [5.41, 5.74) is 0.617. The van der Waals surface area contributed by atoms with Gasteiger partial charge in [0.2, 0.25) is 0 Å². The van der Waals surface area contributed by atoms with E-state index in [9.17, 15) is 0 Å². The predicted molar refractivity (Wildman–Crippen MR) is 50.6 cm³/mol. The first kappa shape index (κ1) is 9.09. The van der Waals surface area contributed by atoms with Crippen LogP contribution in [-0.2, 0) is 0 Å². The molecule has 0 spiro atoms. The average Bonchev–Trinajstić information content (AvgIpc) is 1.86. The van der Waals surface area contributed by atoms with Gasteiger partial charge >= 0.3 is 0 Å². The molecular weight excluding hydrogens is 132 g/mol. The zero-order valence-corrected chi connectivity index (χ0v) is 8.48. The Morgan fingerprint density at radius 2 is 2.00 bits per heavy atom. The molecule has 0 aromatic rings. The number of rotatable bonds is 1. The van der Waals surface area contributed by atoms with E-state index in [2.05, 4.69) is 27.7 Å². The van der Waals surface area contributed by atoms with Crippen molar-refractivity contribution in [2.45, 2.75) is 53.4 Å². The molecular formula is C11H22. The van der Waals surface area contributed by atoms with Crippen LogP contribution in [0, 0.1) is 17.3 Å². The van der Waals surface area contributed by atoms with E-state index < -0.39 is 0 Å². The van der Waals surface area contributed by atoms with Gasteiger partial charge in [0.15, 0.2) is 0 Å². The summed E-state index contributed by atoms with van der Waals surface area (Å²) in [7, 11) is 0. The first-order valence-corrected chi connectivity index (χ1v) is 5.08. The lowest BCUT2D eigenvalue weighted by atomic mass is 9.63. The van der Waals surface area contributed by atoms with Gasteiger partial charge < -0.3 is 0 Å². The monoisotopic (exact) mass is 154 g/mol. The molecule has 0 bridgehead atoms. The van der Waals surface area contributed by atoms with Gasteiger partial charge in [-0.25, -0.2) is 0 Å². The van der Waals surface area contributed by atoms with E-state index in [0.717, 1.165) is 11.8 Å². The number of hydrogen-bond donors (Lipinski definition) is 0. The summed E-state index contributed by atoms with van der Waals surface area (Å²) < 4.78 is 0. The second-order valence-corrected chi connectivity index (χ2v) is 4.87. The van der Waals surface area contributed by atoms with Gasteiger partial charge in [-0.3, -0.25) is 0 Å². The van der Waals surface area contributed by atoms with Crippen molar-refractivity contribution < 1.29 is 0 Å². The largest absolute Gasteiger partial charge is 0.0651 e. The van der Waals surface area contributed by atoms with E-state index in [0.29, 0.717) is 5.41 Å². The third-order valence-electron chi connectivity index (χ3n) is 3.61. The zero-order chi connectivity index (χ0) is 8.48. The standard InChI is InChI=1S/C11H22/c1-5-10-9(2)7-6-8-11(10,3)4/h9-10H,5-8H2,1-4H3/t9-,10+/m0/s1. The minimum atomic E-state index is 0.617. The average molecular weight is 154 g/mol. The summed E-state index contributed by atoms with van der Waals surface area (Å²) in [5.74, 6) is 1.93. The predicted octanol–water partition coefficient (Wildman–Crippen LogP) is 3.86. The third-order valence-corrected chi connectivity index (χ3v) is 3.61. The topological polar surface area (TPSA) is 0 Å². The van der Waals surface area contributed by atoms with Gasteiger partial charge in [0, 0.05) is 0 Å². The summed E-state index contributed by atoms with van der Waals surface area (Å²) in [5, 5.41) is 0. The van der Waals surface area contributed by atoms with Crippen molar-refractivity contribution in [1.82, 2.24) is 0 Å². The highest BCUT2D eigenvalue weighted by Crippen LogP contribution is 2.45. The Balaban J connectivity index is 2.64. The maximum Gasteiger partial charge on any atom is -0.0323 e. The summed E-state index contributed by atoms with van der Waals surface area (Å²) >= 11 is 0. The van der Waals surface area contributed by atoms with Crippen LogP contribution in [-0.4, -0.2) is 0 Å². The highest BCUT2D eigenvalue weighted by atomic mass is 14.4. The lowest BCUT2D eigenvalue weighted by molar-refractivity contribution is 0.0807. The molecule has 1 aliphatic rings.